The summed E-state index contributed by atoms with van der Waals surface area (Å²) in [7, 11) is 1.42. The molecule has 3 heterocycles. The Morgan fingerprint density at radius 1 is 1.00 bits per heavy atom. The van der Waals surface area contributed by atoms with Crippen LogP contribution in [0.5, 0.6) is 11.6 Å². The van der Waals surface area contributed by atoms with Crippen LogP contribution < -0.4 is 25.4 Å². The molecule has 0 saturated carbocycles. The molecule has 1 saturated heterocycles. The Balaban J connectivity index is 1.57. The molecule has 1 fully saturated rings. The number of nitrogens with zero attached hydrogens (tertiary/aromatic N) is 5. The van der Waals surface area contributed by atoms with Crippen molar-refractivity contribution in [2.75, 3.05) is 55.8 Å². The van der Waals surface area contributed by atoms with Gasteiger partial charge in [-0.2, -0.15) is 18.2 Å². The van der Waals surface area contributed by atoms with Crippen LogP contribution >= 0.6 is 0 Å². The molecule has 16 heteroatoms. The van der Waals surface area contributed by atoms with E-state index in [4.69, 9.17) is 9.47 Å². The van der Waals surface area contributed by atoms with Crippen LogP contribution in [-0.2, 0) is 20.6 Å². The van der Waals surface area contributed by atoms with Gasteiger partial charge in [-0.1, -0.05) is 6.58 Å². The van der Waals surface area contributed by atoms with Crippen LogP contribution in [0.1, 0.15) is 18.1 Å². The van der Waals surface area contributed by atoms with Crippen LogP contribution in [0, 0.1) is 6.92 Å². The summed E-state index contributed by atoms with van der Waals surface area (Å²) in [5.41, 5.74) is 0.0461. The van der Waals surface area contributed by atoms with Crippen molar-refractivity contribution in [2.24, 2.45) is 0 Å². The first-order valence-electron chi connectivity index (χ1n) is 13.6. The van der Waals surface area contributed by atoms with Crippen molar-refractivity contribution < 1.29 is 37.0 Å². The van der Waals surface area contributed by atoms with Gasteiger partial charge in [0.05, 0.1) is 24.2 Å². The van der Waals surface area contributed by atoms with Crippen molar-refractivity contribution in [1.29, 1.82) is 0 Å². The van der Waals surface area contributed by atoms with Gasteiger partial charge in [0.1, 0.15) is 17.1 Å². The second kappa shape index (κ2) is 13.9. The van der Waals surface area contributed by atoms with E-state index in [1.807, 2.05) is 0 Å². The number of methoxy groups -OCH3 is 1. The summed E-state index contributed by atoms with van der Waals surface area (Å²) >= 11 is 0. The van der Waals surface area contributed by atoms with E-state index in [1.54, 1.807) is 22.8 Å². The highest BCUT2D eigenvalue weighted by atomic mass is 19.4. The average molecular weight is 629 g/mol. The quantitative estimate of drug-likeness (QED) is 0.282. The van der Waals surface area contributed by atoms with Crippen molar-refractivity contribution in [1.82, 2.24) is 24.8 Å². The third-order valence-corrected chi connectivity index (χ3v) is 6.76. The number of aromatic nitrogens is 3. The molecule has 1 aliphatic rings. The summed E-state index contributed by atoms with van der Waals surface area (Å²) in [6.07, 6.45) is -1.68. The Kier molecular flexibility index (Phi) is 10.1. The molecule has 3 N–H and O–H groups in total. The maximum absolute atomic E-state index is 14.0. The third kappa shape index (κ3) is 8.36. The number of ether oxygens (including phenoxy) is 2. The van der Waals surface area contributed by atoms with Gasteiger partial charge in [-0.05, 0) is 30.7 Å². The second-order valence-electron chi connectivity index (χ2n) is 9.82. The largest absolute Gasteiger partial charge is 0.484 e. The zero-order valence-corrected chi connectivity index (χ0v) is 24.7. The van der Waals surface area contributed by atoms with Gasteiger partial charge in [0.25, 0.3) is 5.91 Å². The molecule has 0 spiro atoms. The van der Waals surface area contributed by atoms with Crippen LogP contribution in [0.2, 0.25) is 0 Å². The molecule has 1 aliphatic heterocycles. The van der Waals surface area contributed by atoms with E-state index in [0.29, 0.717) is 43.6 Å². The first-order chi connectivity index (χ1) is 21.4. The zero-order valence-electron chi connectivity index (χ0n) is 24.7. The summed E-state index contributed by atoms with van der Waals surface area (Å²) < 4.78 is 52.7. The number of halogens is 3. The third-order valence-electron chi connectivity index (χ3n) is 6.76. The van der Waals surface area contributed by atoms with Gasteiger partial charge in [-0.3, -0.25) is 14.4 Å². The maximum Gasteiger partial charge on any atom is 0.421 e. The van der Waals surface area contributed by atoms with Crippen molar-refractivity contribution >= 4 is 46.5 Å². The van der Waals surface area contributed by atoms with Crippen LogP contribution in [0.4, 0.5) is 42.0 Å². The number of piperazine rings is 1. The Bertz CT molecular complexity index is 1590. The molecule has 2 aromatic heterocycles. The van der Waals surface area contributed by atoms with Crippen LogP contribution in [-0.4, -0.2) is 82.4 Å². The number of carbonyl (C=O) groups is 3. The van der Waals surface area contributed by atoms with Gasteiger partial charge in [-0.25, -0.2) is 9.97 Å². The van der Waals surface area contributed by atoms with Gasteiger partial charge in [-0.15, -0.1) is 0 Å². The number of benzene rings is 1. The van der Waals surface area contributed by atoms with Gasteiger partial charge in [0, 0.05) is 57.6 Å². The highest BCUT2D eigenvalue weighted by Gasteiger charge is 2.35. The summed E-state index contributed by atoms with van der Waals surface area (Å²) in [5.74, 6) is -1.33. The SMILES string of the molecule is C=CC(=O)Nc1cc(OCC(=O)N2CCN(C(C)=O)CC2)ccc1Nc1nc(Nc2cc(OC)ncc2C)ncc1C(F)(F)F. The fraction of sp³-hybridized carbons (Fsp3) is 0.310. The number of pyridine rings is 1. The lowest BCUT2D eigenvalue weighted by Crippen LogP contribution is -2.51. The monoisotopic (exact) mass is 628 g/mol. The summed E-state index contributed by atoms with van der Waals surface area (Å²) in [5, 5.41) is 8.04. The van der Waals surface area contributed by atoms with Crippen molar-refractivity contribution in [3.8, 4) is 11.6 Å². The number of anilines is 5. The number of nitrogens with one attached hydrogen (secondary N) is 3. The fourth-order valence-corrected chi connectivity index (χ4v) is 4.26. The maximum atomic E-state index is 14.0. The first-order valence-corrected chi connectivity index (χ1v) is 13.6. The van der Waals surface area contributed by atoms with Gasteiger partial charge >= 0.3 is 6.18 Å². The van der Waals surface area contributed by atoms with E-state index in [-0.39, 0.29) is 47.4 Å². The predicted molar refractivity (Wildman–Crippen MR) is 159 cm³/mol. The molecule has 0 unspecified atom stereocenters. The molecule has 1 aromatic carbocycles. The second-order valence-corrected chi connectivity index (χ2v) is 9.82. The Hall–Kier alpha value is -5.41. The Labute approximate surface area is 256 Å². The molecule has 3 amide bonds. The van der Waals surface area contributed by atoms with E-state index in [0.717, 1.165) is 6.08 Å². The van der Waals surface area contributed by atoms with E-state index < -0.39 is 23.5 Å². The Morgan fingerprint density at radius 3 is 2.36 bits per heavy atom. The summed E-state index contributed by atoms with van der Waals surface area (Å²) in [6, 6.07) is 5.69. The van der Waals surface area contributed by atoms with Crippen LogP contribution in [0.15, 0.2) is 49.3 Å². The van der Waals surface area contributed by atoms with E-state index in [1.165, 1.54) is 38.4 Å². The van der Waals surface area contributed by atoms with Crippen molar-refractivity contribution in [3.63, 3.8) is 0 Å². The normalized spacial score (nSPS) is 13.1. The number of aryl methyl sites for hydroxylation is 1. The lowest BCUT2D eigenvalue weighted by atomic mass is 10.2. The van der Waals surface area contributed by atoms with Gasteiger partial charge in [0.2, 0.25) is 23.6 Å². The highest BCUT2D eigenvalue weighted by molar-refractivity contribution is 6.01. The molecular weight excluding hydrogens is 597 g/mol. The smallest absolute Gasteiger partial charge is 0.421 e. The topological polar surface area (TPSA) is 151 Å². The summed E-state index contributed by atoms with van der Waals surface area (Å²) in [4.78, 5) is 51.6. The number of amides is 3. The number of alkyl halides is 3. The standard InChI is InChI=1S/C29H31F3N8O5/c1-5-24(42)35-23-12-19(45-16-26(43)40-10-8-39(9-11-40)18(3)41)6-7-21(23)36-27-20(29(30,31)32)15-34-28(38-27)37-22-13-25(44-4)33-14-17(22)2/h5-7,12-15H,1,8-11,16H2,2-4H3,(H,35,42)(H2,33,34,36,37,38). The number of rotatable bonds is 10. The molecule has 45 heavy (non-hydrogen) atoms. The fourth-order valence-electron chi connectivity index (χ4n) is 4.26. The Morgan fingerprint density at radius 2 is 1.71 bits per heavy atom. The molecule has 0 atom stereocenters. The molecule has 238 valence electrons. The lowest BCUT2D eigenvalue weighted by molar-refractivity contribution is -0.139. The molecule has 0 aliphatic carbocycles. The molecular formula is C29H31F3N8O5. The van der Waals surface area contributed by atoms with Crippen molar-refractivity contribution in [3.05, 3.63) is 60.4 Å². The van der Waals surface area contributed by atoms with E-state index >= 15 is 0 Å². The van der Waals surface area contributed by atoms with Crippen molar-refractivity contribution in [2.45, 2.75) is 20.0 Å². The van der Waals surface area contributed by atoms with Crippen LogP contribution in [0.25, 0.3) is 0 Å². The molecule has 0 radical (unpaired) electrons. The minimum Gasteiger partial charge on any atom is -0.484 e. The van der Waals surface area contributed by atoms with Gasteiger partial charge in [0.15, 0.2) is 6.61 Å². The first kappa shape index (κ1) is 32.5. The predicted octanol–water partition coefficient (Wildman–Crippen LogP) is 3.89. The lowest BCUT2D eigenvalue weighted by Gasteiger charge is -2.34. The average Bonchev–Trinajstić information content (AvgIpc) is 3.01. The molecule has 3 aromatic rings. The molecule has 4 rings (SSSR count). The summed E-state index contributed by atoms with van der Waals surface area (Å²) in [6.45, 7) is 7.82. The van der Waals surface area contributed by atoms with E-state index in [9.17, 15) is 27.6 Å². The number of carbonyl (C=O) groups excluding carboxylic acids is 3. The highest BCUT2D eigenvalue weighted by Crippen LogP contribution is 2.37. The minimum atomic E-state index is -4.82. The van der Waals surface area contributed by atoms with Gasteiger partial charge < -0.3 is 35.2 Å². The number of hydrogen-bond acceptors (Lipinski definition) is 10. The van der Waals surface area contributed by atoms with E-state index in [2.05, 4.69) is 37.5 Å². The molecule has 13 nitrogen and oxygen atoms in total. The minimum absolute atomic E-state index is 0.0379. The van der Waals surface area contributed by atoms with Crippen LogP contribution in [0.3, 0.4) is 0 Å². The zero-order chi connectivity index (χ0) is 32.7. The number of hydrogen-bond donors (Lipinski definition) is 3. The molecule has 0 bridgehead atoms.